The number of aliphatic carboxylic acids is 1. The molecule has 0 atom stereocenters. The molecule has 2 rings (SSSR count). The van der Waals surface area contributed by atoms with E-state index in [1.807, 2.05) is 0 Å². The molecule has 1 aromatic carbocycles. The Bertz CT molecular complexity index is 633. The van der Waals surface area contributed by atoms with Gasteiger partial charge in [0, 0.05) is 24.2 Å². The summed E-state index contributed by atoms with van der Waals surface area (Å²) in [6.07, 6.45) is 1.29. The second kappa shape index (κ2) is 4.37. The molecule has 1 N–H and O–H groups in total. The molecule has 1 aromatic heterocycles. The van der Waals surface area contributed by atoms with Crippen LogP contribution in [0.4, 0.5) is 4.39 Å². The molecule has 0 saturated heterocycles. The number of pyridine rings is 1. The largest absolute Gasteiger partial charge is 0.481 e. The molecule has 0 aliphatic carbocycles. The van der Waals surface area contributed by atoms with Crippen molar-refractivity contribution in [1.29, 1.82) is 0 Å². The van der Waals surface area contributed by atoms with Crippen LogP contribution in [0.2, 0.25) is 0 Å². The number of nitrogens with zero attached hydrogens (tertiary/aromatic N) is 1. The lowest BCUT2D eigenvalue weighted by Gasteiger charge is -2.09. The lowest BCUT2D eigenvalue weighted by Crippen LogP contribution is -2.11. The van der Waals surface area contributed by atoms with Crippen LogP contribution in [0.25, 0.3) is 10.9 Å². The molecule has 0 fully saturated rings. The fraction of sp³-hybridized carbons (Fsp3) is 0.167. The van der Waals surface area contributed by atoms with E-state index < -0.39 is 11.8 Å². The van der Waals surface area contributed by atoms with E-state index in [1.54, 1.807) is 0 Å². The summed E-state index contributed by atoms with van der Waals surface area (Å²) < 4.78 is 15.1. The molecule has 0 bridgehead atoms. The van der Waals surface area contributed by atoms with Gasteiger partial charge in [0.15, 0.2) is 5.43 Å². The van der Waals surface area contributed by atoms with Crippen molar-refractivity contribution in [2.24, 2.45) is 0 Å². The van der Waals surface area contributed by atoms with Crippen LogP contribution >= 0.6 is 0 Å². The Balaban J connectivity index is 2.60. The first-order chi connectivity index (χ1) is 8.09. The van der Waals surface area contributed by atoms with Gasteiger partial charge in [0.2, 0.25) is 0 Å². The molecule has 0 aliphatic heterocycles. The number of benzene rings is 1. The summed E-state index contributed by atoms with van der Waals surface area (Å²) in [6.45, 7) is 0.132. The highest BCUT2D eigenvalue weighted by Gasteiger charge is 2.08. The summed E-state index contributed by atoms with van der Waals surface area (Å²) in [5.41, 5.74) is -0.118. The van der Waals surface area contributed by atoms with E-state index in [4.69, 9.17) is 5.11 Å². The normalized spacial score (nSPS) is 10.6. The minimum atomic E-state index is -0.965. The predicted octanol–water partition coefficient (Wildman–Crippen LogP) is 1.62. The average Bonchev–Trinajstić information content (AvgIpc) is 2.29. The molecular formula is C12H10FNO3. The Hall–Kier alpha value is -2.17. The number of rotatable bonds is 3. The third-order valence-electron chi connectivity index (χ3n) is 2.51. The topological polar surface area (TPSA) is 59.3 Å². The van der Waals surface area contributed by atoms with Crippen LogP contribution in [0.5, 0.6) is 0 Å². The fourth-order valence-electron chi connectivity index (χ4n) is 1.73. The first-order valence-corrected chi connectivity index (χ1v) is 5.09. The van der Waals surface area contributed by atoms with Gasteiger partial charge in [-0.15, -0.1) is 0 Å². The highest BCUT2D eigenvalue weighted by molar-refractivity contribution is 5.79. The number of halogens is 1. The van der Waals surface area contributed by atoms with Crippen LogP contribution in [0, 0.1) is 5.82 Å². The van der Waals surface area contributed by atoms with Gasteiger partial charge in [-0.3, -0.25) is 9.59 Å². The van der Waals surface area contributed by atoms with Gasteiger partial charge in [0.05, 0.1) is 11.9 Å². The van der Waals surface area contributed by atoms with Gasteiger partial charge in [-0.05, 0) is 12.1 Å². The van der Waals surface area contributed by atoms with Gasteiger partial charge in [-0.1, -0.05) is 6.07 Å². The van der Waals surface area contributed by atoms with Gasteiger partial charge in [0.1, 0.15) is 5.82 Å². The maximum atomic E-state index is 13.6. The smallest absolute Gasteiger partial charge is 0.305 e. The zero-order valence-electron chi connectivity index (χ0n) is 8.89. The van der Waals surface area contributed by atoms with Crippen molar-refractivity contribution >= 4 is 16.9 Å². The molecular weight excluding hydrogens is 225 g/mol. The average molecular weight is 235 g/mol. The number of fused-ring (bicyclic) bond motifs is 1. The Kier molecular flexibility index (Phi) is 2.91. The Labute approximate surface area is 95.9 Å². The highest BCUT2D eigenvalue weighted by atomic mass is 19.1. The number of carboxylic acid groups (broad SMARTS) is 1. The Morgan fingerprint density at radius 1 is 1.35 bits per heavy atom. The Morgan fingerprint density at radius 2 is 2.12 bits per heavy atom. The third-order valence-corrected chi connectivity index (χ3v) is 2.51. The number of aromatic nitrogens is 1. The molecule has 5 heteroatoms. The summed E-state index contributed by atoms with van der Waals surface area (Å²) in [5, 5.41) is 8.86. The summed E-state index contributed by atoms with van der Waals surface area (Å²) in [6, 6.07) is 5.54. The molecule has 0 amide bonds. The molecule has 17 heavy (non-hydrogen) atoms. The molecule has 0 saturated carbocycles. The molecule has 0 radical (unpaired) electrons. The zero-order valence-corrected chi connectivity index (χ0v) is 8.89. The quantitative estimate of drug-likeness (QED) is 0.879. The van der Waals surface area contributed by atoms with E-state index in [0.29, 0.717) is 0 Å². The lowest BCUT2D eigenvalue weighted by atomic mass is 10.2. The van der Waals surface area contributed by atoms with Crippen LogP contribution < -0.4 is 5.43 Å². The van der Waals surface area contributed by atoms with E-state index in [2.05, 4.69) is 0 Å². The van der Waals surface area contributed by atoms with Crippen molar-refractivity contribution in [3.05, 3.63) is 46.5 Å². The maximum absolute atomic E-state index is 13.6. The molecule has 0 aliphatic rings. The first kappa shape index (κ1) is 11.3. The van der Waals surface area contributed by atoms with Gasteiger partial charge >= 0.3 is 5.97 Å². The second-order valence-electron chi connectivity index (χ2n) is 3.65. The van der Waals surface area contributed by atoms with Crippen molar-refractivity contribution in [1.82, 2.24) is 4.57 Å². The van der Waals surface area contributed by atoms with Gasteiger partial charge in [-0.25, -0.2) is 4.39 Å². The molecule has 0 spiro atoms. The van der Waals surface area contributed by atoms with Crippen molar-refractivity contribution in [2.75, 3.05) is 0 Å². The first-order valence-electron chi connectivity index (χ1n) is 5.09. The summed E-state index contributed by atoms with van der Waals surface area (Å²) in [7, 11) is 0. The maximum Gasteiger partial charge on any atom is 0.305 e. The van der Waals surface area contributed by atoms with Crippen LogP contribution in [0.3, 0.4) is 0 Å². The van der Waals surface area contributed by atoms with Crippen molar-refractivity contribution in [3.63, 3.8) is 0 Å². The number of hydrogen-bond acceptors (Lipinski definition) is 2. The third kappa shape index (κ3) is 2.18. The number of hydrogen-bond donors (Lipinski definition) is 1. The lowest BCUT2D eigenvalue weighted by molar-refractivity contribution is -0.137. The predicted molar refractivity (Wildman–Crippen MR) is 60.4 cm³/mol. The van der Waals surface area contributed by atoms with E-state index >= 15 is 0 Å². The standard InChI is InChI=1S/C12H10FNO3/c13-9-3-1-2-8-10(15)4-6-14(12(8)9)7-5-11(16)17/h1-4,6H,5,7H2,(H,16,17). The molecule has 0 unspecified atom stereocenters. The Morgan fingerprint density at radius 3 is 2.82 bits per heavy atom. The van der Waals surface area contributed by atoms with E-state index in [-0.39, 0.29) is 29.3 Å². The number of carbonyl (C=O) groups is 1. The molecule has 4 nitrogen and oxygen atoms in total. The monoisotopic (exact) mass is 235 g/mol. The summed E-state index contributed by atoms with van der Waals surface area (Å²) in [4.78, 5) is 22.0. The zero-order chi connectivity index (χ0) is 12.4. The van der Waals surface area contributed by atoms with Crippen molar-refractivity contribution in [2.45, 2.75) is 13.0 Å². The SMILES string of the molecule is O=C(O)CCn1ccc(=O)c2cccc(F)c21. The van der Waals surface area contributed by atoms with E-state index in [9.17, 15) is 14.0 Å². The summed E-state index contributed by atoms with van der Waals surface area (Å²) >= 11 is 0. The fourth-order valence-corrected chi connectivity index (χ4v) is 1.73. The van der Waals surface area contributed by atoms with Gasteiger partial charge in [-0.2, -0.15) is 0 Å². The number of aryl methyl sites for hydroxylation is 1. The van der Waals surface area contributed by atoms with Crippen molar-refractivity contribution in [3.8, 4) is 0 Å². The minimum Gasteiger partial charge on any atom is -0.481 e. The number of carboxylic acids is 1. The van der Waals surface area contributed by atoms with Crippen molar-refractivity contribution < 1.29 is 14.3 Å². The highest BCUT2D eigenvalue weighted by Crippen LogP contribution is 2.14. The number of para-hydroxylation sites is 1. The molecule has 2 aromatic rings. The molecule has 88 valence electrons. The minimum absolute atomic E-state index is 0.119. The molecule has 1 heterocycles. The van der Waals surface area contributed by atoms with Crippen LogP contribution in [-0.4, -0.2) is 15.6 Å². The van der Waals surface area contributed by atoms with Gasteiger partial charge in [0.25, 0.3) is 0 Å². The van der Waals surface area contributed by atoms with Crippen LogP contribution in [0.15, 0.2) is 35.3 Å². The van der Waals surface area contributed by atoms with E-state index in [1.165, 1.54) is 35.0 Å². The van der Waals surface area contributed by atoms with Gasteiger partial charge < -0.3 is 9.67 Å². The van der Waals surface area contributed by atoms with Crippen LogP contribution in [0.1, 0.15) is 6.42 Å². The van der Waals surface area contributed by atoms with E-state index in [0.717, 1.165) is 0 Å². The van der Waals surface area contributed by atoms with Crippen LogP contribution in [-0.2, 0) is 11.3 Å². The summed E-state index contributed by atoms with van der Waals surface area (Å²) in [5.74, 6) is -1.49. The second-order valence-corrected chi connectivity index (χ2v) is 3.65.